The number of carbonyl (C=O) groups excluding carboxylic acids is 1. The van der Waals surface area contributed by atoms with Crippen molar-refractivity contribution in [2.75, 3.05) is 18.9 Å². The van der Waals surface area contributed by atoms with Crippen LogP contribution in [0.25, 0.3) is 0 Å². The van der Waals surface area contributed by atoms with Crippen LogP contribution in [0.15, 0.2) is 53.4 Å². The lowest BCUT2D eigenvalue weighted by molar-refractivity contribution is -0.120. The van der Waals surface area contributed by atoms with Gasteiger partial charge in [0.2, 0.25) is 5.91 Å². The number of carbonyl (C=O) groups is 1. The highest BCUT2D eigenvalue weighted by atomic mass is 35.5. The Bertz CT molecular complexity index is 634. The van der Waals surface area contributed by atoms with Gasteiger partial charge in [-0.25, -0.2) is 0 Å². The number of thioether (sulfide) groups is 1. The molecule has 0 aliphatic heterocycles. The third kappa shape index (κ3) is 6.55. The minimum Gasteiger partial charge on any atom is -0.492 e. The summed E-state index contributed by atoms with van der Waals surface area (Å²) in [7, 11) is 0. The molecular weight excluding hydrogens is 330 g/mol. The molecule has 2 aromatic rings. The van der Waals surface area contributed by atoms with Crippen LogP contribution in [0.1, 0.15) is 12.0 Å². The number of amides is 1. The Morgan fingerprint density at radius 1 is 1.22 bits per heavy atom. The molecule has 0 spiro atoms. The third-order valence-corrected chi connectivity index (χ3v) is 4.60. The van der Waals surface area contributed by atoms with Crippen molar-refractivity contribution < 1.29 is 9.53 Å². The van der Waals surface area contributed by atoms with Crippen LogP contribution in [0.2, 0.25) is 5.02 Å². The van der Waals surface area contributed by atoms with E-state index < -0.39 is 0 Å². The maximum Gasteiger partial charge on any atom is 0.220 e. The van der Waals surface area contributed by atoms with Gasteiger partial charge in [0.25, 0.3) is 0 Å². The number of aryl methyl sites for hydroxylation is 1. The summed E-state index contributed by atoms with van der Waals surface area (Å²) in [6.45, 7) is 2.86. The number of nitrogens with one attached hydrogen (secondary N) is 1. The molecule has 3 nitrogen and oxygen atoms in total. The second-order valence-corrected chi connectivity index (χ2v) is 6.60. The molecule has 0 unspecified atom stereocenters. The zero-order valence-electron chi connectivity index (χ0n) is 13.0. The maximum atomic E-state index is 11.7. The highest BCUT2D eigenvalue weighted by molar-refractivity contribution is 7.99. The lowest BCUT2D eigenvalue weighted by Crippen LogP contribution is -2.28. The Labute approximate surface area is 146 Å². The second-order valence-electron chi connectivity index (χ2n) is 5.02. The minimum atomic E-state index is 0.0407. The number of ether oxygens (including phenoxy) is 1. The Balaban J connectivity index is 1.58. The number of hydrogen-bond acceptors (Lipinski definition) is 3. The van der Waals surface area contributed by atoms with Crippen molar-refractivity contribution in [2.24, 2.45) is 0 Å². The van der Waals surface area contributed by atoms with Crippen LogP contribution in [0.3, 0.4) is 0 Å². The van der Waals surface area contributed by atoms with Crippen LogP contribution in [-0.4, -0.2) is 24.8 Å². The first-order chi connectivity index (χ1) is 11.1. The average molecular weight is 350 g/mol. The monoisotopic (exact) mass is 349 g/mol. The molecular formula is C18H20ClNO2S. The lowest BCUT2D eigenvalue weighted by atomic mass is 10.2. The largest absolute Gasteiger partial charge is 0.492 e. The number of halogens is 1. The van der Waals surface area contributed by atoms with Crippen LogP contribution in [-0.2, 0) is 4.79 Å². The molecule has 122 valence electrons. The molecule has 0 atom stereocenters. The first-order valence-corrected chi connectivity index (χ1v) is 8.85. The van der Waals surface area contributed by atoms with Gasteiger partial charge >= 0.3 is 0 Å². The zero-order valence-corrected chi connectivity index (χ0v) is 14.6. The molecule has 23 heavy (non-hydrogen) atoms. The van der Waals surface area contributed by atoms with E-state index >= 15 is 0 Å². The number of hydrogen-bond donors (Lipinski definition) is 1. The average Bonchev–Trinajstić information content (AvgIpc) is 2.56. The van der Waals surface area contributed by atoms with Gasteiger partial charge in [-0.15, -0.1) is 11.8 Å². The smallest absolute Gasteiger partial charge is 0.220 e. The number of rotatable bonds is 8. The van der Waals surface area contributed by atoms with Gasteiger partial charge in [0.1, 0.15) is 12.4 Å². The van der Waals surface area contributed by atoms with Crippen molar-refractivity contribution in [1.82, 2.24) is 5.32 Å². The summed E-state index contributed by atoms with van der Waals surface area (Å²) >= 11 is 7.71. The van der Waals surface area contributed by atoms with Gasteiger partial charge in [0.05, 0.1) is 6.54 Å². The van der Waals surface area contributed by atoms with E-state index in [1.54, 1.807) is 17.8 Å². The predicted molar refractivity (Wildman–Crippen MR) is 96.5 cm³/mol. The van der Waals surface area contributed by atoms with Crippen molar-refractivity contribution in [3.8, 4) is 5.75 Å². The van der Waals surface area contributed by atoms with Gasteiger partial charge in [-0.05, 0) is 36.8 Å². The van der Waals surface area contributed by atoms with Crippen molar-refractivity contribution >= 4 is 29.3 Å². The summed E-state index contributed by atoms with van der Waals surface area (Å²) in [6, 6.07) is 15.6. The lowest BCUT2D eigenvalue weighted by Gasteiger charge is -2.09. The molecule has 0 bridgehead atoms. The van der Waals surface area contributed by atoms with E-state index in [2.05, 4.69) is 5.32 Å². The minimum absolute atomic E-state index is 0.0407. The fourth-order valence-corrected chi connectivity index (χ4v) is 2.93. The normalized spacial score (nSPS) is 10.3. The molecule has 0 saturated heterocycles. The molecule has 0 fully saturated rings. The summed E-state index contributed by atoms with van der Waals surface area (Å²) in [5, 5.41) is 3.54. The van der Waals surface area contributed by atoms with Crippen molar-refractivity contribution in [1.29, 1.82) is 0 Å². The predicted octanol–water partition coefficient (Wildman–Crippen LogP) is 4.33. The summed E-state index contributed by atoms with van der Waals surface area (Å²) < 4.78 is 5.56. The Morgan fingerprint density at radius 2 is 2.00 bits per heavy atom. The van der Waals surface area contributed by atoms with Crippen LogP contribution < -0.4 is 10.1 Å². The van der Waals surface area contributed by atoms with E-state index in [1.807, 2.05) is 49.4 Å². The first kappa shape index (κ1) is 17.7. The fourth-order valence-electron chi connectivity index (χ4n) is 1.89. The van der Waals surface area contributed by atoms with Gasteiger partial charge in [0.15, 0.2) is 0 Å². The summed E-state index contributed by atoms with van der Waals surface area (Å²) in [4.78, 5) is 12.9. The second kappa shape index (κ2) is 9.48. The molecule has 1 amide bonds. The zero-order chi connectivity index (χ0) is 16.5. The SMILES string of the molecule is Cc1ccc(OCCNC(=O)CCSc2ccccc2)cc1Cl. The molecule has 2 rings (SSSR count). The van der Waals surface area contributed by atoms with Crippen LogP contribution in [0.4, 0.5) is 0 Å². The van der Waals surface area contributed by atoms with Gasteiger partial charge < -0.3 is 10.1 Å². The number of benzene rings is 2. The Hall–Kier alpha value is -1.65. The first-order valence-electron chi connectivity index (χ1n) is 7.48. The van der Waals surface area contributed by atoms with Gasteiger partial charge in [-0.2, -0.15) is 0 Å². The van der Waals surface area contributed by atoms with Gasteiger partial charge in [0, 0.05) is 22.1 Å². The molecule has 5 heteroatoms. The van der Waals surface area contributed by atoms with E-state index in [0.29, 0.717) is 24.6 Å². The topological polar surface area (TPSA) is 38.3 Å². The molecule has 0 radical (unpaired) electrons. The van der Waals surface area contributed by atoms with Gasteiger partial charge in [-0.1, -0.05) is 35.9 Å². The Morgan fingerprint density at radius 3 is 2.74 bits per heavy atom. The molecule has 1 N–H and O–H groups in total. The standard InChI is InChI=1S/C18H20ClNO2S/c1-14-7-8-15(13-17(14)19)22-11-10-20-18(21)9-12-23-16-5-3-2-4-6-16/h2-8,13H,9-12H2,1H3,(H,20,21). The van der Waals surface area contributed by atoms with E-state index in [4.69, 9.17) is 16.3 Å². The van der Waals surface area contributed by atoms with E-state index in [-0.39, 0.29) is 5.91 Å². The summed E-state index contributed by atoms with van der Waals surface area (Å²) in [5.74, 6) is 1.53. The maximum absolute atomic E-state index is 11.7. The molecule has 0 aromatic heterocycles. The van der Waals surface area contributed by atoms with Crippen LogP contribution in [0, 0.1) is 6.92 Å². The van der Waals surface area contributed by atoms with E-state index in [1.165, 1.54) is 4.90 Å². The molecule has 0 saturated carbocycles. The van der Waals surface area contributed by atoms with E-state index in [9.17, 15) is 4.79 Å². The molecule has 0 aliphatic rings. The summed E-state index contributed by atoms with van der Waals surface area (Å²) in [5.41, 5.74) is 1.02. The quantitative estimate of drug-likeness (QED) is 0.569. The van der Waals surface area contributed by atoms with Crippen molar-refractivity contribution in [3.63, 3.8) is 0 Å². The summed E-state index contributed by atoms with van der Waals surface area (Å²) in [6.07, 6.45) is 0.496. The molecule has 0 aliphatic carbocycles. The van der Waals surface area contributed by atoms with Crippen molar-refractivity contribution in [2.45, 2.75) is 18.2 Å². The van der Waals surface area contributed by atoms with E-state index in [0.717, 1.165) is 17.1 Å². The highest BCUT2D eigenvalue weighted by Crippen LogP contribution is 2.21. The molecule has 0 heterocycles. The van der Waals surface area contributed by atoms with Crippen LogP contribution in [0.5, 0.6) is 5.75 Å². The third-order valence-electron chi connectivity index (χ3n) is 3.18. The van der Waals surface area contributed by atoms with Crippen LogP contribution >= 0.6 is 23.4 Å². The van der Waals surface area contributed by atoms with Crippen molar-refractivity contribution in [3.05, 3.63) is 59.1 Å². The fraction of sp³-hybridized carbons (Fsp3) is 0.278. The highest BCUT2D eigenvalue weighted by Gasteiger charge is 2.02. The molecule has 2 aromatic carbocycles. The Kier molecular flexibility index (Phi) is 7.30. The van der Waals surface area contributed by atoms with Gasteiger partial charge in [-0.3, -0.25) is 4.79 Å².